The topological polar surface area (TPSA) is 74.3 Å². The second-order valence-corrected chi connectivity index (χ2v) is 7.77. The quantitative estimate of drug-likeness (QED) is 0.650. The molecule has 1 aromatic rings. The molecule has 0 saturated carbocycles. The van der Waals surface area contributed by atoms with Gasteiger partial charge in [-0.25, -0.2) is 0 Å². The first-order valence-electron chi connectivity index (χ1n) is 10.3. The first-order valence-corrected chi connectivity index (χ1v) is 10.3. The number of carbonyl (C=O) groups excluding carboxylic acids is 1. The Hall–Kier alpha value is -1.67. The van der Waals surface area contributed by atoms with Crippen LogP contribution in [0.15, 0.2) is 24.3 Å². The van der Waals surface area contributed by atoms with E-state index in [1.165, 1.54) is 39.5 Å². The Bertz CT molecular complexity index is 621. The van der Waals surface area contributed by atoms with E-state index in [9.17, 15) is 9.90 Å². The highest BCUT2D eigenvalue weighted by Crippen LogP contribution is 2.18. The summed E-state index contributed by atoms with van der Waals surface area (Å²) in [4.78, 5) is 16.3. The normalized spacial score (nSPS) is 23.6. The number of rotatable bonds is 9. The van der Waals surface area contributed by atoms with E-state index >= 15 is 0 Å². The van der Waals surface area contributed by atoms with Crippen LogP contribution in [0.2, 0.25) is 0 Å². The largest absolute Gasteiger partial charge is 0.492 e. The molecule has 0 bridgehead atoms. The molecule has 0 radical (unpaired) electrons. The lowest BCUT2D eigenvalue weighted by Crippen LogP contribution is -2.44. The van der Waals surface area contributed by atoms with Crippen LogP contribution >= 0.6 is 0 Å². The second kappa shape index (κ2) is 10.8. The molecule has 7 heteroatoms. The van der Waals surface area contributed by atoms with Crippen molar-refractivity contribution in [1.82, 2.24) is 15.1 Å². The van der Waals surface area contributed by atoms with Crippen molar-refractivity contribution in [2.24, 2.45) is 0 Å². The van der Waals surface area contributed by atoms with Gasteiger partial charge in [0.15, 0.2) is 0 Å². The lowest BCUT2D eigenvalue weighted by atomic mass is 10.1. The molecule has 2 aliphatic heterocycles. The van der Waals surface area contributed by atoms with Crippen molar-refractivity contribution in [2.75, 3.05) is 53.0 Å². The van der Waals surface area contributed by atoms with E-state index in [4.69, 9.17) is 9.47 Å². The number of nitrogens with zero attached hydrogens (tertiary/aromatic N) is 2. The fourth-order valence-corrected chi connectivity index (χ4v) is 3.98. The van der Waals surface area contributed by atoms with Gasteiger partial charge in [-0.1, -0.05) is 18.6 Å². The van der Waals surface area contributed by atoms with E-state index in [0.717, 1.165) is 24.4 Å². The van der Waals surface area contributed by atoms with Gasteiger partial charge in [-0.3, -0.25) is 14.6 Å². The maximum atomic E-state index is 11.7. The van der Waals surface area contributed by atoms with Gasteiger partial charge in [0.25, 0.3) is 0 Å². The molecular weight excluding hydrogens is 358 g/mol. The Kier molecular flexibility index (Phi) is 8.09. The minimum absolute atomic E-state index is 0.0139. The van der Waals surface area contributed by atoms with E-state index in [0.29, 0.717) is 19.7 Å². The maximum Gasteiger partial charge on any atom is 0.246 e. The molecule has 28 heavy (non-hydrogen) atoms. The van der Waals surface area contributed by atoms with Gasteiger partial charge in [0.05, 0.1) is 12.1 Å². The minimum Gasteiger partial charge on any atom is -0.492 e. The minimum atomic E-state index is -0.565. The molecule has 156 valence electrons. The Labute approximate surface area is 167 Å². The van der Waals surface area contributed by atoms with E-state index in [1.807, 2.05) is 12.1 Å². The lowest BCUT2D eigenvalue weighted by molar-refractivity contribution is -0.125. The summed E-state index contributed by atoms with van der Waals surface area (Å²) in [6.07, 6.45) is 3.38. The van der Waals surface area contributed by atoms with Crippen molar-refractivity contribution in [3.8, 4) is 5.75 Å². The first kappa shape index (κ1) is 21.0. The average molecular weight is 392 g/mol. The highest BCUT2D eigenvalue weighted by Gasteiger charge is 2.32. The third-order valence-corrected chi connectivity index (χ3v) is 5.42. The fraction of sp³-hybridized carbons (Fsp3) is 0.667. The van der Waals surface area contributed by atoms with Gasteiger partial charge in [0.2, 0.25) is 5.91 Å². The number of methoxy groups -OCH3 is 1. The Morgan fingerprint density at radius 2 is 2.04 bits per heavy atom. The van der Waals surface area contributed by atoms with Crippen LogP contribution in [0.1, 0.15) is 24.8 Å². The molecule has 0 unspecified atom stereocenters. The van der Waals surface area contributed by atoms with E-state index in [1.54, 1.807) is 0 Å². The molecule has 2 atom stereocenters. The van der Waals surface area contributed by atoms with Crippen molar-refractivity contribution < 1.29 is 19.4 Å². The van der Waals surface area contributed by atoms with E-state index in [-0.39, 0.29) is 18.6 Å². The molecule has 0 aliphatic carbocycles. The molecule has 2 heterocycles. The Morgan fingerprint density at radius 1 is 1.21 bits per heavy atom. The van der Waals surface area contributed by atoms with Gasteiger partial charge in [0, 0.05) is 33.3 Å². The maximum absolute atomic E-state index is 11.7. The number of aliphatic hydroxyl groups is 1. The average Bonchev–Trinajstić information content (AvgIpc) is 3.02. The predicted molar refractivity (Wildman–Crippen MR) is 107 cm³/mol. The molecule has 2 saturated heterocycles. The van der Waals surface area contributed by atoms with Crippen LogP contribution in [0.3, 0.4) is 0 Å². The zero-order valence-corrected chi connectivity index (χ0v) is 16.8. The number of benzene rings is 1. The van der Waals surface area contributed by atoms with E-state index in [2.05, 4.69) is 27.2 Å². The number of nitrogens with one attached hydrogen (secondary N) is 1. The predicted octanol–water partition coefficient (Wildman–Crippen LogP) is 0.859. The molecule has 1 aromatic carbocycles. The summed E-state index contributed by atoms with van der Waals surface area (Å²) < 4.78 is 10.8. The van der Waals surface area contributed by atoms with Crippen LogP contribution in [0, 0.1) is 0 Å². The molecule has 0 aromatic heterocycles. The standard InChI is InChI=1S/C21H33N3O4/c1-27-16-21(26)22-19-14-24(15-20(19)25)13-17-6-5-7-18(12-17)28-11-10-23-8-3-2-4-9-23/h5-7,12,19-20,25H,2-4,8-11,13-16H2,1H3,(H,22,26)/t19-,20-/m1/s1. The van der Waals surface area contributed by atoms with Gasteiger partial charge in [0.1, 0.15) is 19.0 Å². The van der Waals surface area contributed by atoms with Crippen LogP contribution in [0.4, 0.5) is 0 Å². The zero-order chi connectivity index (χ0) is 19.8. The van der Waals surface area contributed by atoms with Crippen LogP contribution in [0.25, 0.3) is 0 Å². The molecule has 2 aliphatic rings. The van der Waals surface area contributed by atoms with Gasteiger partial charge in [-0.15, -0.1) is 0 Å². The number of amides is 1. The van der Waals surface area contributed by atoms with Gasteiger partial charge < -0.3 is 19.9 Å². The number of carbonyl (C=O) groups is 1. The lowest BCUT2D eigenvalue weighted by Gasteiger charge is -2.26. The van der Waals surface area contributed by atoms with Crippen molar-refractivity contribution in [3.05, 3.63) is 29.8 Å². The summed E-state index contributed by atoms with van der Waals surface area (Å²) in [5, 5.41) is 13.1. The highest BCUT2D eigenvalue weighted by atomic mass is 16.5. The number of hydrogen-bond donors (Lipinski definition) is 2. The van der Waals surface area contributed by atoms with Gasteiger partial charge in [-0.2, -0.15) is 0 Å². The molecule has 7 nitrogen and oxygen atoms in total. The molecule has 1 amide bonds. The third-order valence-electron chi connectivity index (χ3n) is 5.42. The van der Waals surface area contributed by atoms with Crippen LogP contribution in [-0.2, 0) is 16.1 Å². The summed E-state index contributed by atoms with van der Waals surface area (Å²) in [5.74, 6) is 0.691. The first-order chi connectivity index (χ1) is 13.6. The van der Waals surface area contributed by atoms with Crippen molar-refractivity contribution in [3.63, 3.8) is 0 Å². The number of hydrogen-bond acceptors (Lipinski definition) is 6. The molecule has 2 N–H and O–H groups in total. The summed E-state index contributed by atoms with van der Waals surface area (Å²) >= 11 is 0. The van der Waals surface area contributed by atoms with Crippen molar-refractivity contribution >= 4 is 5.91 Å². The Balaban J connectivity index is 1.44. The van der Waals surface area contributed by atoms with Gasteiger partial charge >= 0.3 is 0 Å². The number of ether oxygens (including phenoxy) is 2. The second-order valence-electron chi connectivity index (χ2n) is 7.77. The highest BCUT2D eigenvalue weighted by molar-refractivity contribution is 5.77. The van der Waals surface area contributed by atoms with Crippen LogP contribution in [0.5, 0.6) is 5.75 Å². The summed E-state index contributed by atoms with van der Waals surface area (Å²) in [6.45, 7) is 5.95. The number of piperidine rings is 1. The molecular formula is C21H33N3O4. The number of likely N-dealkylation sites (tertiary alicyclic amines) is 2. The van der Waals surface area contributed by atoms with Crippen molar-refractivity contribution in [1.29, 1.82) is 0 Å². The van der Waals surface area contributed by atoms with Crippen molar-refractivity contribution in [2.45, 2.75) is 38.0 Å². The molecule has 2 fully saturated rings. The smallest absolute Gasteiger partial charge is 0.246 e. The summed E-state index contributed by atoms with van der Waals surface area (Å²) in [6, 6.07) is 7.88. The summed E-state index contributed by atoms with van der Waals surface area (Å²) in [7, 11) is 1.48. The molecule has 0 spiro atoms. The Morgan fingerprint density at radius 3 is 2.82 bits per heavy atom. The SMILES string of the molecule is COCC(=O)N[C@@H]1CN(Cc2cccc(OCCN3CCCCC3)c2)C[C@H]1O. The third kappa shape index (κ3) is 6.44. The van der Waals surface area contributed by atoms with Crippen LogP contribution < -0.4 is 10.1 Å². The summed E-state index contributed by atoms with van der Waals surface area (Å²) in [5.41, 5.74) is 1.14. The fourth-order valence-electron chi connectivity index (χ4n) is 3.98. The monoisotopic (exact) mass is 391 g/mol. The van der Waals surface area contributed by atoms with E-state index < -0.39 is 6.10 Å². The van der Waals surface area contributed by atoms with Crippen LogP contribution in [-0.4, -0.2) is 86.0 Å². The zero-order valence-electron chi connectivity index (χ0n) is 16.8. The molecule has 3 rings (SSSR count). The van der Waals surface area contributed by atoms with Gasteiger partial charge in [-0.05, 0) is 43.6 Å². The number of β-amino-alcohol motifs (C(OH)–C–C–N with tert-alkyl or cyclic N) is 1. The number of aliphatic hydroxyl groups excluding tert-OH is 1.